The minimum absolute atomic E-state index is 1.14. The van der Waals surface area contributed by atoms with Gasteiger partial charge in [-0.05, 0) is 23.8 Å². The first-order valence-electron chi connectivity index (χ1n) is 5.59. The molecule has 0 saturated carbocycles. The molecule has 0 aliphatic heterocycles. The molecule has 0 spiro atoms. The lowest BCUT2D eigenvalue weighted by Crippen LogP contribution is -2.07. The van der Waals surface area contributed by atoms with Crippen LogP contribution in [0.2, 0.25) is 0 Å². The third-order valence-electron chi connectivity index (χ3n) is 2.39. The van der Waals surface area contributed by atoms with Crippen LogP contribution in [0.15, 0.2) is 48.1 Å². The second kappa shape index (κ2) is 5.77. The monoisotopic (exact) mass is 241 g/mol. The molecular weight excluding hydrogens is 226 g/mol. The summed E-state index contributed by atoms with van der Waals surface area (Å²) in [6.07, 6.45) is 8.65. The Morgan fingerprint density at radius 2 is 1.78 bits per heavy atom. The second-order valence-corrected chi connectivity index (χ2v) is 3.95. The number of rotatable bonds is 4. The molecule has 0 saturated heterocycles. The molecule has 0 fully saturated rings. The fraction of sp³-hybridized carbons (Fsp3) is 0.154. The molecule has 0 aliphatic carbocycles. The molecule has 0 radical (unpaired) electrons. The van der Waals surface area contributed by atoms with Gasteiger partial charge in [-0.3, -0.25) is 0 Å². The van der Waals surface area contributed by atoms with Crippen molar-refractivity contribution in [2.24, 2.45) is 5.10 Å². The first-order valence-corrected chi connectivity index (χ1v) is 5.59. The summed E-state index contributed by atoms with van der Waals surface area (Å²) in [5, 5.41) is 11.4. The van der Waals surface area contributed by atoms with Gasteiger partial charge in [-0.25, -0.2) is 4.68 Å². The second-order valence-electron chi connectivity index (χ2n) is 3.95. The molecule has 18 heavy (non-hydrogen) atoms. The fourth-order valence-electron chi connectivity index (χ4n) is 1.41. The Morgan fingerprint density at radius 1 is 1.11 bits per heavy atom. The van der Waals surface area contributed by atoms with Crippen molar-refractivity contribution >= 4 is 18.0 Å². The highest BCUT2D eigenvalue weighted by molar-refractivity contribution is 5.78. The van der Waals surface area contributed by atoms with E-state index >= 15 is 0 Å². The van der Waals surface area contributed by atoms with E-state index in [1.165, 1.54) is 18.3 Å². The molecule has 92 valence electrons. The smallest absolute Gasteiger partial charge is 0.141 e. The predicted molar refractivity (Wildman–Crippen MR) is 73.7 cm³/mol. The molecule has 0 bridgehead atoms. The zero-order chi connectivity index (χ0) is 12.8. The van der Waals surface area contributed by atoms with E-state index < -0.39 is 0 Å². The van der Waals surface area contributed by atoms with Crippen LogP contribution in [0.25, 0.3) is 6.08 Å². The standard InChI is InChI=1S/C13H15N5/c1-17(2)13-7-5-12(6-8-13)4-3-9-16-18-10-14-15-11-18/h3-11H,1-2H3/b4-3-,16-9?. The predicted octanol–water partition coefficient (Wildman–Crippen LogP) is 1.89. The highest BCUT2D eigenvalue weighted by Gasteiger charge is 1.92. The van der Waals surface area contributed by atoms with Crippen LogP contribution in [0.4, 0.5) is 5.69 Å². The molecule has 5 heteroatoms. The van der Waals surface area contributed by atoms with Gasteiger partial charge in [0.05, 0.1) is 0 Å². The van der Waals surface area contributed by atoms with Crippen molar-refractivity contribution in [3.8, 4) is 0 Å². The van der Waals surface area contributed by atoms with E-state index in [1.54, 1.807) is 10.9 Å². The quantitative estimate of drug-likeness (QED) is 0.768. The summed E-state index contributed by atoms with van der Waals surface area (Å²) in [5.74, 6) is 0. The van der Waals surface area contributed by atoms with Gasteiger partial charge in [0.1, 0.15) is 12.7 Å². The third-order valence-corrected chi connectivity index (χ3v) is 2.39. The van der Waals surface area contributed by atoms with Crippen LogP contribution < -0.4 is 4.90 Å². The third kappa shape index (κ3) is 3.28. The minimum Gasteiger partial charge on any atom is -0.378 e. The van der Waals surface area contributed by atoms with Crippen LogP contribution >= 0.6 is 0 Å². The Balaban J connectivity index is 1.97. The number of nitrogens with zero attached hydrogens (tertiary/aromatic N) is 5. The molecule has 0 amide bonds. The summed E-state index contributed by atoms with van der Waals surface area (Å²) in [4.78, 5) is 2.07. The molecule has 5 nitrogen and oxygen atoms in total. The van der Waals surface area contributed by atoms with Crippen LogP contribution in [0.3, 0.4) is 0 Å². The average Bonchev–Trinajstić information content (AvgIpc) is 2.88. The van der Waals surface area contributed by atoms with Crippen LogP contribution in [0.1, 0.15) is 5.56 Å². The fourth-order valence-corrected chi connectivity index (χ4v) is 1.41. The van der Waals surface area contributed by atoms with Gasteiger partial charge >= 0.3 is 0 Å². The van der Waals surface area contributed by atoms with Gasteiger partial charge in [-0.2, -0.15) is 5.10 Å². The first kappa shape index (κ1) is 12.0. The van der Waals surface area contributed by atoms with E-state index in [-0.39, 0.29) is 0 Å². The molecule has 2 rings (SSSR count). The Kier molecular flexibility index (Phi) is 3.86. The summed E-state index contributed by atoms with van der Waals surface area (Å²) >= 11 is 0. The highest BCUT2D eigenvalue weighted by atomic mass is 15.4. The zero-order valence-corrected chi connectivity index (χ0v) is 10.4. The normalized spacial score (nSPS) is 11.4. The number of allylic oxidation sites excluding steroid dienone is 1. The van der Waals surface area contributed by atoms with Gasteiger partial charge in [-0.15, -0.1) is 10.2 Å². The van der Waals surface area contributed by atoms with Crippen LogP contribution in [0.5, 0.6) is 0 Å². The SMILES string of the molecule is CN(C)c1ccc(/C=C\C=Nn2cnnc2)cc1. The number of hydrogen-bond acceptors (Lipinski definition) is 4. The van der Waals surface area contributed by atoms with Crippen molar-refractivity contribution in [2.45, 2.75) is 0 Å². The average molecular weight is 241 g/mol. The minimum atomic E-state index is 1.14. The van der Waals surface area contributed by atoms with E-state index in [2.05, 4.69) is 44.5 Å². The lowest BCUT2D eigenvalue weighted by Gasteiger charge is -2.11. The molecule has 0 N–H and O–H groups in total. The first-order chi connectivity index (χ1) is 8.75. The summed E-state index contributed by atoms with van der Waals surface area (Å²) in [5.41, 5.74) is 2.32. The van der Waals surface area contributed by atoms with E-state index in [4.69, 9.17) is 0 Å². The topological polar surface area (TPSA) is 46.3 Å². The van der Waals surface area contributed by atoms with E-state index in [9.17, 15) is 0 Å². The zero-order valence-electron chi connectivity index (χ0n) is 10.4. The van der Waals surface area contributed by atoms with Crippen molar-refractivity contribution in [1.29, 1.82) is 0 Å². The van der Waals surface area contributed by atoms with Gasteiger partial charge < -0.3 is 4.90 Å². The Hall–Kier alpha value is -2.43. The summed E-state index contributed by atoms with van der Waals surface area (Å²) < 4.78 is 1.54. The molecule has 1 aromatic carbocycles. The highest BCUT2D eigenvalue weighted by Crippen LogP contribution is 2.12. The lowest BCUT2D eigenvalue weighted by atomic mass is 10.2. The number of aromatic nitrogens is 3. The molecule has 0 atom stereocenters. The number of benzene rings is 1. The molecule has 0 aliphatic rings. The number of anilines is 1. The van der Waals surface area contributed by atoms with Gasteiger partial charge in [-0.1, -0.05) is 18.2 Å². The van der Waals surface area contributed by atoms with Crippen molar-refractivity contribution in [2.75, 3.05) is 19.0 Å². The summed E-state index contributed by atoms with van der Waals surface area (Å²) in [6.45, 7) is 0. The number of hydrogen-bond donors (Lipinski definition) is 0. The largest absolute Gasteiger partial charge is 0.378 e. The van der Waals surface area contributed by atoms with E-state index in [1.807, 2.05) is 26.2 Å². The van der Waals surface area contributed by atoms with Crippen molar-refractivity contribution in [3.05, 3.63) is 48.6 Å². The van der Waals surface area contributed by atoms with Gasteiger partial charge in [0, 0.05) is 26.0 Å². The van der Waals surface area contributed by atoms with Crippen LogP contribution in [0, 0.1) is 0 Å². The molecule has 1 heterocycles. The van der Waals surface area contributed by atoms with Crippen LogP contribution in [-0.2, 0) is 0 Å². The Morgan fingerprint density at radius 3 is 2.39 bits per heavy atom. The Labute approximate surface area is 106 Å². The van der Waals surface area contributed by atoms with Gasteiger partial charge in [0.15, 0.2) is 0 Å². The van der Waals surface area contributed by atoms with Crippen LogP contribution in [-0.4, -0.2) is 35.2 Å². The summed E-state index contributed by atoms with van der Waals surface area (Å²) in [7, 11) is 4.05. The molecule has 1 aromatic heterocycles. The maximum atomic E-state index is 4.10. The molecular formula is C13H15N5. The van der Waals surface area contributed by atoms with Crippen molar-refractivity contribution < 1.29 is 0 Å². The van der Waals surface area contributed by atoms with Gasteiger partial charge in [0.25, 0.3) is 0 Å². The van der Waals surface area contributed by atoms with Crippen molar-refractivity contribution in [3.63, 3.8) is 0 Å². The van der Waals surface area contributed by atoms with Gasteiger partial charge in [0.2, 0.25) is 0 Å². The lowest BCUT2D eigenvalue weighted by molar-refractivity contribution is 0.879. The van der Waals surface area contributed by atoms with E-state index in [0.717, 1.165) is 5.56 Å². The maximum absolute atomic E-state index is 4.10. The maximum Gasteiger partial charge on any atom is 0.141 e. The van der Waals surface area contributed by atoms with E-state index in [0.29, 0.717) is 0 Å². The molecule has 0 unspecified atom stereocenters. The summed E-state index contributed by atoms with van der Waals surface area (Å²) in [6, 6.07) is 8.30. The van der Waals surface area contributed by atoms with Crippen molar-refractivity contribution in [1.82, 2.24) is 14.9 Å². The Bertz CT molecular complexity index is 523. The molecule has 2 aromatic rings.